The first-order valence-electron chi connectivity index (χ1n) is 9.37. The number of nitrogens with one attached hydrogen (secondary N) is 1. The molecule has 0 aromatic heterocycles. The topological polar surface area (TPSA) is 41.5 Å². The number of nitrogens with zero attached hydrogens (tertiary/aromatic N) is 1. The Morgan fingerprint density at radius 3 is 2.96 bits per heavy atom. The Kier molecular flexibility index (Phi) is 7.21. The number of aliphatic imine (C=N–C) groups is 1. The summed E-state index contributed by atoms with van der Waals surface area (Å²) in [5, 5.41) is 3.29. The van der Waals surface area contributed by atoms with Gasteiger partial charge in [-0.15, -0.1) is 24.2 Å². The van der Waals surface area contributed by atoms with E-state index in [4.69, 9.17) is 0 Å². The number of carbonyl (C=O) groups excluding carboxylic acids is 1. The number of hydrogen-bond donors (Lipinski definition) is 1. The summed E-state index contributed by atoms with van der Waals surface area (Å²) in [5.41, 5.74) is 1.17. The Bertz CT molecular complexity index is 572. The molecule has 3 rings (SSSR count). The second kappa shape index (κ2) is 8.77. The molecule has 0 saturated carbocycles. The van der Waals surface area contributed by atoms with Crippen LogP contribution in [0.15, 0.2) is 28.9 Å². The molecule has 1 spiro atoms. The second-order valence-electron chi connectivity index (χ2n) is 7.88. The Morgan fingerprint density at radius 1 is 1.40 bits per heavy atom. The van der Waals surface area contributed by atoms with Crippen molar-refractivity contribution in [2.75, 3.05) is 5.75 Å². The average Bonchev–Trinajstić information content (AvgIpc) is 2.92. The standard InChI is InChI=1S/C20H30N2OS.ClH/c1-14(2)7-6-8-15(3)22-19(23)16-13-24-20-11-5-4-9-18(20)21-12-10-17(16)20;/h4-5,9,12,14-17H,6-8,10-11,13H2,1-3H3,(H,22,23);1H. The van der Waals surface area contributed by atoms with E-state index in [0.29, 0.717) is 5.92 Å². The van der Waals surface area contributed by atoms with Gasteiger partial charge in [0.2, 0.25) is 5.91 Å². The normalized spacial score (nSPS) is 31.0. The van der Waals surface area contributed by atoms with Crippen molar-refractivity contribution in [3.8, 4) is 0 Å². The van der Waals surface area contributed by atoms with Crippen LogP contribution in [-0.2, 0) is 4.79 Å². The number of carbonyl (C=O) groups is 1. The zero-order valence-electron chi connectivity index (χ0n) is 15.5. The van der Waals surface area contributed by atoms with E-state index in [-0.39, 0.29) is 35.0 Å². The van der Waals surface area contributed by atoms with Gasteiger partial charge >= 0.3 is 0 Å². The minimum Gasteiger partial charge on any atom is -0.353 e. The maximum Gasteiger partial charge on any atom is 0.224 e. The molecule has 25 heavy (non-hydrogen) atoms. The van der Waals surface area contributed by atoms with E-state index in [0.717, 1.165) is 30.9 Å². The first kappa shape index (κ1) is 20.6. The van der Waals surface area contributed by atoms with Gasteiger partial charge in [-0.2, -0.15) is 0 Å². The fourth-order valence-corrected chi connectivity index (χ4v) is 6.01. The SMILES string of the molecule is CC(C)CCCC(C)NC(=O)C1CSC23CC=CC=C2N=CCC13.Cl. The van der Waals surface area contributed by atoms with Gasteiger partial charge < -0.3 is 5.32 Å². The summed E-state index contributed by atoms with van der Waals surface area (Å²) in [6, 6.07) is 0.274. The van der Waals surface area contributed by atoms with Crippen molar-refractivity contribution < 1.29 is 4.79 Å². The largest absolute Gasteiger partial charge is 0.353 e. The van der Waals surface area contributed by atoms with Crippen molar-refractivity contribution in [3.63, 3.8) is 0 Å². The zero-order chi connectivity index (χ0) is 17.2. The summed E-state index contributed by atoms with van der Waals surface area (Å²) < 4.78 is 0.0480. The number of thioether (sulfide) groups is 1. The molecule has 3 nitrogen and oxygen atoms in total. The van der Waals surface area contributed by atoms with Gasteiger partial charge in [-0.3, -0.25) is 9.79 Å². The summed E-state index contributed by atoms with van der Waals surface area (Å²) in [4.78, 5) is 17.5. The molecule has 4 atom stereocenters. The molecule has 3 aliphatic rings. The van der Waals surface area contributed by atoms with Crippen LogP contribution in [0.2, 0.25) is 0 Å². The number of amides is 1. The van der Waals surface area contributed by atoms with Gasteiger partial charge in [-0.25, -0.2) is 0 Å². The molecular weight excluding hydrogens is 352 g/mol. The minimum absolute atomic E-state index is 0. The predicted octanol–water partition coefficient (Wildman–Crippen LogP) is 4.78. The Labute approximate surface area is 162 Å². The third kappa shape index (κ3) is 4.33. The molecular formula is C20H31ClN2OS. The van der Waals surface area contributed by atoms with Gasteiger partial charge in [0.05, 0.1) is 16.4 Å². The quantitative estimate of drug-likeness (QED) is 0.718. The fourth-order valence-electron chi connectivity index (χ4n) is 4.19. The van der Waals surface area contributed by atoms with Gasteiger partial charge in [-0.1, -0.05) is 38.8 Å². The first-order chi connectivity index (χ1) is 11.5. The molecule has 1 fully saturated rings. The van der Waals surface area contributed by atoms with Crippen molar-refractivity contribution in [1.82, 2.24) is 5.32 Å². The lowest BCUT2D eigenvalue weighted by atomic mass is 9.73. The molecule has 1 saturated heterocycles. The number of hydrogen-bond acceptors (Lipinski definition) is 3. The highest BCUT2D eigenvalue weighted by atomic mass is 35.5. The van der Waals surface area contributed by atoms with Crippen LogP contribution < -0.4 is 5.32 Å². The molecule has 0 aromatic carbocycles. The molecule has 2 heterocycles. The van der Waals surface area contributed by atoms with E-state index < -0.39 is 0 Å². The number of rotatable bonds is 6. The van der Waals surface area contributed by atoms with Crippen molar-refractivity contribution >= 4 is 36.3 Å². The molecule has 1 amide bonds. The maximum atomic E-state index is 12.9. The van der Waals surface area contributed by atoms with Gasteiger partial charge in [0.1, 0.15) is 0 Å². The van der Waals surface area contributed by atoms with Crippen LogP contribution in [-0.4, -0.2) is 28.7 Å². The number of allylic oxidation sites excluding steroid dienone is 3. The molecule has 1 N–H and O–H groups in total. The lowest BCUT2D eigenvalue weighted by Crippen LogP contribution is -2.45. The smallest absolute Gasteiger partial charge is 0.224 e. The second-order valence-corrected chi connectivity index (χ2v) is 9.23. The lowest BCUT2D eigenvalue weighted by molar-refractivity contribution is -0.126. The van der Waals surface area contributed by atoms with E-state index in [2.05, 4.69) is 49.3 Å². The third-order valence-corrected chi connectivity index (χ3v) is 7.30. The number of halogens is 1. The van der Waals surface area contributed by atoms with Crippen LogP contribution in [0.3, 0.4) is 0 Å². The summed E-state index contributed by atoms with van der Waals surface area (Å²) in [6.07, 6.45) is 13.9. The monoisotopic (exact) mass is 382 g/mol. The van der Waals surface area contributed by atoms with E-state index in [1.165, 1.54) is 18.5 Å². The first-order valence-corrected chi connectivity index (χ1v) is 10.4. The third-order valence-electron chi connectivity index (χ3n) is 5.58. The molecule has 2 aliphatic heterocycles. The molecule has 140 valence electrons. The fraction of sp³-hybridized carbons (Fsp3) is 0.700. The molecule has 4 unspecified atom stereocenters. The lowest BCUT2D eigenvalue weighted by Gasteiger charge is -2.39. The minimum atomic E-state index is 0. The zero-order valence-corrected chi connectivity index (χ0v) is 17.2. The Balaban J connectivity index is 0.00000225. The predicted molar refractivity (Wildman–Crippen MR) is 111 cm³/mol. The Hall–Kier alpha value is -0.740. The summed E-state index contributed by atoms with van der Waals surface area (Å²) in [5.74, 6) is 2.42. The van der Waals surface area contributed by atoms with Crippen molar-refractivity contribution in [2.24, 2.45) is 22.7 Å². The highest BCUT2D eigenvalue weighted by Crippen LogP contribution is 2.57. The molecule has 0 bridgehead atoms. The van der Waals surface area contributed by atoms with Crippen LogP contribution in [0.4, 0.5) is 0 Å². The molecule has 0 aromatic rings. The van der Waals surface area contributed by atoms with Crippen LogP contribution >= 0.6 is 24.2 Å². The molecule has 0 radical (unpaired) electrons. The van der Waals surface area contributed by atoms with Gasteiger partial charge in [0, 0.05) is 18.0 Å². The summed E-state index contributed by atoms with van der Waals surface area (Å²) in [7, 11) is 0. The Morgan fingerprint density at radius 2 is 2.20 bits per heavy atom. The molecule has 1 aliphatic carbocycles. The van der Waals surface area contributed by atoms with E-state index in [1.54, 1.807) is 0 Å². The highest BCUT2D eigenvalue weighted by Gasteiger charge is 2.54. The maximum absolute atomic E-state index is 12.9. The van der Waals surface area contributed by atoms with Crippen LogP contribution in [0.1, 0.15) is 52.9 Å². The average molecular weight is 383 g/mol. The molecule has 5 heteroatoms. The van der Waals surface area contributed by atoms with Crippen molar-refractivity contribution in [3.05, 3.63) is 23.9 Å². The van der Waals surface area contributed by atoms with E-state index in [9.17, 15) is 4.79 Å². The summed E-state index contributed by atoms with van der Waals surface area (Å²) in [6.45, 7) is 6.66. The van der Waals surface area contributed by atoms with Gasteiger partial charge in [0.15, 0.2) is 0 Å². The van der Waals surface area contributed by atoms with Gasteiger partial charge in [-0.05, 0) is 44.1 Å². The van der Waals surface area contributed by atoms with E-state index in [1.807, 2.05) is 18.0 Å². The van der Waals surface area contributed by atoms with Gasteiger partial charge in [0.25, 0.3) is 0 Å². The van der Waals surface area contributed by atoms with Crippen LogP contribution in [0.25, 0.3) is 0 Å². The highest BCUT2D eigenvalue weighted by molar-refractivity contribution is 8.01. The van der Waals surface area contributed by atoms with E-state index >= 15 is 0 Å². The summed E-state index contributed by atoms with van der Waals surface area (Å²) >= 11 is 1.95. The van der Waals surface area contributed by atoms with Crippen molar-refractivity contribution in [2.45, 2.75) is 63.7 Å². The van der Waals surface area contributed by atoms with Crippen molar-refractivity contribution in [1.29, 1.82) is 0 Å². The van der Waals surface area contributed by atoms with Crippen LogP contribution in [0, 0.1) is 17.8 Å². The van der Waals surface area contributed by atoms with Crippen LogP contribution in [0.5, 0.6) is 0 Å².